The highest BCUT2D eigenvalue weighted by Gasteiger charge is 2.05. The zero-order chi connectivity index (χ0) is 18.1. The Bertz CT molecular complexity index is 807. The van der Waals surface area contributed by atoms with Crippen LogP contribution in [0.5, 0.6) is 0 Å². The number of alkyl carbamates (subject to hydrolysis) is 1. The number of carbonyl (C=O) groups is 2. The van der Waals surface area contributed by atoms with Crippen molar-refractivity contribution in [1.29, 1.82) is 0 Å². The van der Waals surface area contributed by atoms with Crippen LogP contribution in [-0.2, 0) is 11.3 Å². The number of ketones is 1. The normalized spacial score (nSPS) is 9.68. The van der Waals surface area contributed by atoms with Crippen LogP contribution in [0.15, 0.2) is 48.5 Å². The van der Waals surface area contributed by atoms with Crippen molar-refractivity contribution in [2.45, 2.75) is 20.0 Å². The van der Waals surface area contributed by atoms with Crippen LogP contribution in [-0.4, -0.2) is 18.4 Å². The van der Waals surface area contributed by atoms with Crippen molar-refractivity contribution in [1.82, 2.24) is 5.32 Å². The maximum Gasteiger partial charge on any atom is 0.407 e. The Hall–Kier alpha value is -2.77. The van der Waals surface area contributed by atoms with Crippen LogP contribution < -0.4 is 5.32 Å². The maximum atomic E-state index is 11.6. The largest absolute Gasteiger partial charge is 0.445 e. The van der Waals surface area contributed by atoms with Crippen molar-refractivity contribution in [2.24, 2.45) is 0 Å². The van der Waals surface area contributed by atoms with Gasteiger partial charge in [-0.3, -0.25) is 4.79 Å². The van der Waals surface area contributed by atoms with E-state index in [2.05, 4.69) is 17.2 Å². The predicted molar refractivity (Wildman–Crippen MR) is 97.6 cm³/mol. The maximum absolute atomic E-state index is 11.6. The Balaban J connectivity index is 1.72. The fourth-order valence-electron chi connectivity index (χ4n) is 2.04. The molecule has 2 aromatic carbocycles. The summed E-state index contributed by atoms with van der Waals surface area (Å²) in [4.78, 5) is 22.9. The van der Waals surface area contributed by atoms with Gasteiger partial charge in [-0.05, 0) is 30.7 Å². The van der Waals surface area contributed by atoms with Gasteiger partial charge < -0.3 is 10.1 Å². The molecule has 0 saturated carbocycles. The van der Waals surface area contributed by atoms with Gasteiger partial charge in [-0.15, -0.1) is 0 Å². The van der Waals surface area contributed by atoms with E-state index in [4.69, 9.17) is 16.3 Å². The highest BCUT2D eigenvalue weighted by Crippen LogP contribution is 2.17. The number of ether oxygens (including phenoxy) is 1. The second kappa shape index (κ2) is 9.51. The van der Waals surface area contributed by atoms with E-state index < -0.39 is 6.09 Å². The number of hydrogen-bond acceptors (Lipinski definition) is 3. The molecule has 5 heteroatoms. The van der Waals surface area contributed by atoms with Gasteiger partial charge >= 0.3 is 6.09 Å². The number of amides is 1. The van der Waals surface area contributed by atoms with Gasteiger partial charge in [0.15, 0.2) is 5.78 Å². The second-order valence-electron chi connectivity index (χ2n) is 5.29. The summed E-state index contributed by atoms with van der Waals surface area (Å²) < 4.78 is 5.10. The average Bonchev–Trinajstić information content (AvgIpc) is 2.60. The van der Waals surface area contributed by atoms with Crippen LogP contribution in [0.4, 0.5) is 4.79 Å². The number of benzene rings is 2. The van der Waals surface area contributed by atoms with Gasteiger partial charge in [-0.1, -0.05) is 53.8 Å². The summed E-state index contributed by atoms with van der Waals surface area (Å²) >= 11 is 6.03. The molecule has 4 nitrogen and oxygen atoms in total. The zero-order valence-corrected chi connectivity index (χ0v) is 14.6. The molecule has 0 unspecified atom stereocenters. The van der Waals surface area contributed by atoms with Crippen LogP contribution >= 0.6 is 11.6 Å². The first-order valence-corrected chi connectivity index (χ1v) is 8.18. The lowest BCUT2D eigenvalue weighted by Crippen LogP contribution is -2.24. The fraction of sp³-hybridized carbons (Fsp3) is 0.200. The number of carbonyl (C=O) groups excluding carboxylic acids is 2. The molecule has 0 fully saturated rings. The summed E-state index contributed by atoms with van der Waals surface area (Å²) in [6.07, 6.45) is 0.00601. The first kappa shape index (κ1) is 18.6. The molecule has 0 radical (unpaired) electrons. The van der Waals surface area contributed by atoms with E-state index in [0.717, 1.165) is 11.1 Å². The van der Waals surface area contributed by atoms with Crippen LogP contribution in [0.25, 0.3) is 0 Å². The Morgan fingerprint density at radius 2 is 1.92 bits per heavy atom. The van der Waals surface area contributed by atoms with E-state index in [1.807, 2.05) is 30.3 Å². The predicted octanol–water partition coefficient (Wildman–Crippen LogP) is 4.21. The molecule has 25 heavy (non-hydrogen) atoms. The minimum Gasteiger partial charge on any atom is -0.445 e. The monoisotopic (exact) mass is 355 g/mol. The van der Waals surface area contributed by atoms with E-state index >= 15 is 0 Å². The highest BCUT2D eigenvalue weighted by molar-refractivity contribution is 6.33. The third-order valence-electron chi connectivity index (χ3n) is 3.31. The molecule has 0 saturated heterocycles. The van der Waals surface area contributed by atoms with Gasteiger partial charge in [0.25, 0.3) is 0 Å². The van der Waals surface area contributed by atoms with Crippen molar-refractivity contribution < 1.29 is 14.3 Å². The zero-order valence-electron chi connectivity index (χ0n) is 13.8. The molecule has 0 aliphatic carbocycles. The lowest BCUT2D eigenvalue weighted by molar-refractivity contribution is 0.101. The standard InChI is InChI=1S/C20H18ClNO3/c1-15(23)18-11-10-16(13-19(18)21)7-5-6-12-22-20(24)25-14-17-8-3-2-4-9-17/h2-4,8-11,13H,6,12,14H2,1H3,(H,22,24). The summed E-state index contributed by atoms with van der Waals surface area (Å²) in [6, 6.07) is 14.5. The third kappa shape index (κ3) is 6.33. The van der Waals surface area contributed by atoms with Crippen LogP contribution in [0, 0.1) is 11.8 Å². The van der Waals surface area contributed by atoms with Gasteiger partial charge in [0.2, 0.25) is 0 Å². The molecule has 0 aromatic heterocycles. The highest BCUT2D eigenvalue weighted by atomic mass is 35.5. The number of nitrogens with one attached hydrogen (secondary N) is 1. The number of Topliss-reactive ketones (excluding diaryl/α,β-unsaturated/α-hetero) is 1. The van der Waals surface area contributed by atoms with E-state index in [1.165, 1.54) is 6.92 Å². The van der Waals surface area contributed by atoms with Gasteiger partial charge in [0, 0.05) is 24.1 Å². The molecule has 0 atom stereocenters. The molecule has 2 aromatic rings. The summed E-state index contributed by atoms with van der Waals surface area (Å²) in [5.74, 6) is 5.81. The summed E-state index contributed by atoms with van der Waals surface area (Å²) in [7, 11) is 0. The number of hydrogen-bond donors (Lipinski definition) is 1. The smallest absolute Gasteiger partial charge is 0.407 e. The first-order chi connectivity index (χ1) is 12.1. The van der Waals surface area contributed by atoms with Gasteiger partial charge in [0.1, 0.15) is 6.61 Å². The molecular formula is C20H18ClNO3. The summed E-state index contributed by atoms with van der Waals surface area (Å²) in [6.45, 7) is 2.09. The Morgan fingerprint density at radius 1 is 1.16 bits per heavy atom. The Morgan fingerprint density at radius 3 is 2.60 bits per heavy atom. The van der Waals surface area contributed by atoms with Crippen LogP contribution in [0.1, 0.15) is 34.8 Å². The van der Waals surface area contributed by atoms with Crippen molar-refractivity contribution in [3.63, 3.8) is 0 Å². The second-order valence-corrected chi connectivity index (χ2v) is 5.70. The van der Waals surface area contributed by atoms with Crippen LogP contribution in [0.3, 0.4) is 0 Å². The summed E-state index contributed by atoms with van der Waals surface area (Å²) in [5.41, 5.74) is 2.14. The van der Waals surface area contributed by atoms with E-state index in [-0.39, 0.29) is 12.4 Å². The lowest BCUT2D eigenvalue weighted by Gasteiger charge is -2.05. The van der Waals surface area contributed by atoms with Crippen molar-refractivity contribution in [3.05, 3.63) is 70.2 Å². The van der Waals surface area contributed by atoms with E-state index in [0.29, 0.717) is 23.6 Å². The lowest BCUT2D eigenvalue weighted by atomic mass is 10.1. The van der Waals surface area contributed by atoms with Gasteiger partial charge in [0.05, 0.1) is 5.02 Å². The molecule has 128 valence electrons. The quantitative estimate of drug-likeness (QED) is 0.496. The Labute approximate surface area is 152 Å². The number of halogens is 1. The average molecular weight is 356 g/mol. The molecule has 0 bridgehead atoms. The molecular weight excluding hydrogens is 338 g/mol. The van der Waals surface area contributed by atoms with Gasteiger partial charge in [-0.25, -0.2) is 4.79 Å². The van der Waals surface area contributed by atoms with Crippen LogP contribution in [0.2, 0.25) is 5.02 Å². The molecule has 1 N–H and O–H groups in total. The van der Waals surface area contributed by atoms with Crippen molar-refractivity contribution in [2.75, 3.05) is 6.54 Å². The van der Waals surface area contributed by atoms with E-state index in [1.54, 1.807) is 18.2 Å². The minimum absolute atomic E-state index is 0.0808. The van der Waals surface area contributed by atoms with Crippen molar-refractivity contribution >= 4 is 23.5 Å². The first-order valence-electron chi connectivity index (χ1n) is 7.80. The minimum atomic E-state index is -0.473. The molecule has 0 heterocycles. The van der Waals surface area contributed by atoms with Gasteiger partial charge in [-0.2, -0.15) is 0 Å². The third-order valence-corrected chi connectivity index (χ3v) is 3.63. The molecule has 2 rings (SSSR count). The molecule has 0 aliphatic heterocycles. The topological polar surface area (TPSA) is 55.4 Å². The molecule has 0 spiro atoms. The molecule has 1 amide bonds. The van der Waals surface area contributed by atoms with Crippen molar-refractivity contribution in [3.8, 4) is 11.8 Å². The van der Waals surface area contributed by atoms with E-state index in [9.17, 15) is 9.59 Å². The fourth-order valence-corrected chi connectivity index (χ4v) is 2.36. The number of rotatable bonds is 5. The SMILES string of the molecule is CC(=O)c1ccc(C#CCCNC(=O)OCc2ccccc2)cc1Cl. The summed E-state index contributed by atoms with van der Waals surface area (Å²) in [5, 5.41) is 3.03. The molecule has 0 aliphatic rings. The Kier molecular flexibility index (Phi) is 7.06.